The Bertz CT molecular complexity index is 763. The van der Waals surface area contributed by atoms with Gasteiger partial charge in [0.05, 0.1) is 24.6 Å². The number of nitrogens with one attached hydrogen (secondary N) is 2. The van der Waals surface area contributed by atoms with Gasteiger partial charge in [0.1, 0.15) is 11.5 Å². The van der Waals surface area contributed by atoms with Gasteiger partial charge in [0.25, 0.3) is 5.91 Å². The van der Waals surface area contributed by atoms with Gasteiger partial charge in [0.15, 0.2) is 0 Å². The molecule has 7 nitrogen and oxygen atoms in total. The summed E-state index contributed by atoms with van der Waals surface area (Å²) in [6.07, 6.45) is 3.44. The van der Waals surface area contributed by atoms with Crippen LogP contribution in [0.5, 0.6) is 11.5 Å². The summed E-state index contributed by atoms with van der Waals surface area (Å²) in [4.78, 5) is 28.1. The first kappa shape index (κ1) is 19.2. The average Bonchev–Trinajstić information content (AvgIpc) is 2.65. The number of ether oxygens (including phenoxy) is 2. The zero-order valence-electron chi connectivity index (χ0n) is 15.2. The minimum atomic E-state index is -0.291. The van der Waals surface area contributed by atoms with Gasteiger partial charge in [-0.3, -0.25) is 14.6 Å². The lowest BCUT2D eigenvalue weighted by Crippen LogP contribution is -2.15. The highest BCUT2D eigenvalue weighted by atomic mass is 16.5. The number of carbonyl (C=O) groups excluding carboxylic acids is 2. The summed E-state index contributed by atoms with van der Waals surface area (Å²) in [5, 5.41) is 5.61. The van der Waals surface area contributed by atoms with Gasteiger partial charge >= 0.3 is 0 Å². The maximum absolute atomic E-state index is 12.4. The third-order valence-electron chi connectivity index (χ3n) is 3.47. The molecule has 1 aromatic carbocycles. The van der Waals surface area contributed by atoms with Crippen LogP contribution in [-0.4, -0.2) is 30.0 Å². The van der Waals surface area contributed by atoms with Crippen molar-refractivity contribution in [3.05, 3.63) is 42.2 Å². The third kappa shape index (κ3) is 4.95. The molecule has 0 aliphatic carbocycles. The van der Waals surface area contributed by atoms with E-state index in [1.54, 1.807) is 43.6 Å². The van der Waals surface area contributed by atoms with Crippen molar-refractivity contribution in [1.29, 1.82) is 0 Å². The van der Waals surface area contributed by atoms with Crippen molar-refractivity contribution in [2.75, 3.05) is 23.8 Å². The SMILES string of the molecule is CCOc1cc(NC(=O)c2ccncc2)c(OCC)cc1NC(=O)CC. The van der Waals surface area contributed by atoms with Crippen molar-refractivity contribution in [2.45, 2.75) is 27.2 Å². The maximum atomic E-state index is 12.4. The summed E-state index contributed by atoms with van der Waals surface area (Å²) in [5.41, 5.74) is 1.44. The van der Waals surface area contributed by atoms with Crippen LogP contribution in [0.2, 0.25) is 0 Å². The molecule has 2 rings (SSSR count). The van der Waals surface area contributed by atoms with Crippen LogP contribution in [0, 0.1) is 0 Å². The van der Waals surface area contributed by atoms with Crippen LogP contribution in [0.1, 0.15) is 37.6 Å². The first-order valence-electron chi connectivity index (χ1n) is 8.53. The molecule has 0 bridgehead atoms. The summed E-state index contributed by atoms with van der Waals surface area (Å²) in [6, 6.07) is 6.55. The fourth-order valence-corrected chi connectivity index (χ4v) is 2.24. The number of pyridine rings is 1. The molecule has 138 valence electrons. The molecule has 2 amide bonds. The Kier molecular flexibility index (Phi) is 6.96. The van der Waals surface area contributed by atoms with Crippen LogP contribution in [0.4, 0.5) is 11.4 Å². The molecule has 7 heteroatoms. The monoisotopic (exact) mass is 357 g/mol. The van der Waals surface area contributed by atoms with Crippen molar-refractivity contribution >= 4 is 23.2 Å². The Balaban J connectivity index is 2.38. The second-order valence-corrected chi connectivity index (χ2v) is 5.30. The molecule has 0 aliphatic rings. The van der Waals surface area contributed by atoms with Gasteiger partial charge in [-0.05, 0) is 26.0 Å². The number of benzene rings is 1. The first-order valence-corrected chi connectivity index (χ1v) is 8.53. The van der Waals surface area contributed by atoms with Crippen LogP contribution >= 0.6 is 0 Å². The molecular formula is C19H23N3O4. The van der Waals surface area contributed by atoms with Crippen molar-refractivity contribution in [1.82, 2.24) is 4.98 Å². The van der Waals surface area contributed by atoms with Crippen LogP contribution < -0.4 is 20.1 Å². The van der Waals surface area contributed by atoms with Crippen molar-refractivity contribution in [3.8, 4) is 11.5 Å². The number of amides is 2. The van der Waals surface area contributed by atoms with Gasteiger partial charge in [0, 0.05) is 36.5 Å². The van der Waals surface area contributed by atoms with E-state index in [9.17, 15) is 9.59 Å². The fraction of sp³-hybridized carbons (Fsp3) is 0.316. The number of rotatable bonds is 8. The van der Waals surface area contributed by atoms with Gasteiger partial charge in [-0.2, -0.15) is 0 Å². The Morgan fingerprint density at radius 2 is 1.46 bits per heavy atom. The Hall–Kier alpha value is -3.09. The quantitative estimate of drug-likeness (QED) is 0.755. The van der Waals surface area contributed by atoms with Gasteiger partial charge in [0.2, 0.25) is 5.91 Å². The Morgan fingerprint density at radius 3 is 1.96 bits per heavy atom. The Morgan fingerprint density at radius 1 is 0.923 bits per heavy atom. The second kappa shape index (κ2) is 9.41. The predicted octanol–water partition coefficient (Wildman–Crippen LogP) is 3.48. The molecule has 2 N–H and O–H groups in total. The second-order valence-electron chi connectivity index (χ2n) is 5.30. The summed E-state index contributed by atoms with van der Waals surface area (Å²) in [6.45, 7) is 6.28. The van der Waals surface area contributed by atoms with E-state index in [1.165, 1.54) is 0 Å². The van der Waals surface area contributed by atoms with Crippen molar-refractivity contribution < 1.29 is 19.1 Å². The molecule has 1 heterocycles. The smallest absolute Gasteiger partial charge is 0.255 e. The van der Waals surface area contributed by atoms with Gasteiger partial charge in [-0.15, -0.1) is 0 Å². The van der Waals surface area contributed by atoms with E-state index in [0.29, 0.717) is 48.1 Å². The Labute approximate surface area is 152 Å². The summed E-state index contributed by atoms with van der Waals surface area (Å²) in [5.74, 6) is 0.482. The highest BCUT2D eigenvalue weighted by Crippen LogP contribution is 2.37. The van der Waals surface area contributed by atoms with Crippen LogP contribution in [0.25, 0.3) is 0 Å². The van der Waals surface area contributed by atoms with Gasteiger partial charge in [-0.1, -0.05) is 6.92 Å². The van der Waals surface area contributed by atoms with Crippen molar-refractivity contribution in [2.24, 2.45) is 0 Å². The molecule has 0 radical (unpaired) electrons. The third-order valence-corrected chi connectivity index (χ3v) is 3.47. The molecule has 0 saturated carbocycles. The molecular weight excluding hydrogens is 334 g/mol. The molecule has 0 fully saturated rings. The summed E-state index contributed by atoms with van der Waals surface area (Å²) in [7, 11) is 0. The zero-order chi connectivity index (χ0) is 18.9. The average molecular weight is 357 g/mol. The standard InChI is InChI=1S/C19H23N3O4/c1-4-18(23)21-14-11-17(26-6-3)15(12-16(14)25-5-2)22-19(24)13-7-9-20-10-8-13/h7-12H,4-6H2,1-3H3,(H,21,23)(H,22,24). The molecule has 2 aromatic rings. The molecule has 0 unspecified atom stereocenters. The molecule has 26 heavy (non-hydrogen) atoms. The predicted molar refractivity (Wildman–Crippen MR) is 99.9 cm³/mol. The molecule has 0 saturated heterocycles. The zero-order valence-corrected chi connectivity index (χ0v) is 15.2. The number of aromatic nitrogens is 1. The molecule has 0 atom stereocenters. The lowest BCUT2D eigenvalue weighted by molar-refractivity contribution is -0.115. The molecule has 0 spiro atoms. The highest BCUT2D eigenvalue weighted by molar-refractivity contribution is 6.05. The van der Waals surface area contributed by atoms with E-state index in [2.05, 4.69) is 15.6 Å². The number of anilines is 2. The summed E-state index contributed by atoms with van der Waals surface area (Å²) >= 11 is 0. The fourth-order valence-electron chi connectivity index (χ4n) is 2.24. The van der Waals surface area contributed by atoms with Crippen molar-refractivity contribution in [3.63, 3.8) is 0 Å². The maximum Gasteiger partial charge on any atom is 0.255 e. The molecule has 1 aromatic heterocycles. The lowest BCUT2D eigenvalue weighted by Gasteiger charge is -2.17. The highest BCUT2D eigenvalue weighted by Gasteiger charge is 2.16. The first-order chi connectivity index (χ1) is 12.6. The lowest BCUT2D eigenvalue weighted by atomic mass is 10.2. The van der Waals surface area contributed by atoms with E-state index < -0.39 is 0 Å². The topological polar surface area (TPSA) is 89.6 Å². The van der Waals surface area contributed by atoms with E-state index in [0.717, 1.165) is 0 Å². The minimum absolute atomic E-state index is 0.137. The summed E-state index contributed by atoms with van der Waals surface area (Å²) < 4.78 is 11.2. The van der Waals surface area contributed by atoms with Crippen LogP contribution in [0.15, 0.2) is 36.7 Å². The van der Waals surface area contributed by atoms with Gasteiger partial charge < -0.3 is 20.1 Å². The van der Waals surface area contributed by atoms with E-state index in [4.69, 9.17) is 9.47 Å². The largest absolute Gasteiger partial charge is 0.492 e. The number of nitrogens with zero attached hydrogens (tertiary/aromatic N) is 1. The van der Waals surface area contributed by atoms with Crippen LogP contribution in [0.3, 0.4) is 0 Å². The van der Waals surface area contributed by atoms with E-state index in [1.807, 2.05) is 13.8 Å². The number of carbonyl (C=O) groups is 2. The normalized spacial score (nSPS) is 10.1. The molecule has 0 aliphatic heterocycles. The van der Waals surface area contributed by atoms with Gasteiger partial charge in [-0.25, -0.2) is 0 Å². The van der Waals surface area contributed by atoms with E-state index in [-0.39, 0.29) is 11.8 Å². The van der Waals surface area contributed by atoms with Crippen LogP contribution in [-0.2, 0) is 4.79 Å². The minimum Gasteiger partial charge on any atom is -0.492 e. The number of hydrogen-bond donors (Lipinski definition) is 2. The van der Waals surface area contributed by atoms with E-state index >= 15 is 0 Å². The number of hydrogen-bond acceptors (Lipinski definition) is 5.